The average molecular weight is 459 g/mol. The number of hydrazine groups is 1. The summed E-state index contributed by atoms with van der Waals surface area (Å²) in [6, 6.07) is 13.9. The first-order valence-corrected chi connectivity index (χ1v) is 10.4. The van der Waals surface area contributed by atoms with Gasteiger partial charge in [-0.2, -0.15) is 0 Å². The van der Waals surface area contributed by atoms with Crippen molar-refractivity contribution < 1.29 is 18.7 Å². The Labute approximate surface area is 190 Å². The Morgan fingerprint density at radius 2 is 1.94 bits per heavy atom. The number of aromatic nitrogens is 1. The molecule has 2 amide bonds. The van der Waals surface area contributed by atoms with Crippen LogP contribution in [0.3, 0.4) is 0 Å². The van der Waals surface area contributed by atoms with Gasteiger partial charge in [-0.05, 0) is 23.1 Å². The zero-order valence-electron chi connectivity index (χ0n) is 17.8. The molecule has 168 valence electrons. The lowest BCUT2D eigenvalue weighted by atomic mass is 10.2. The standard InChI is InChI=1S/C23H24ClFN4O3/c1-15(13-29(16(2)30)27-12-19-8-5-9-20(25)22(19)24)14-32-23(31)28-21-10-17-6-3-4-7-18(17)11-26-21/h3-11,15,27H,12-14H2,1-2H3,(H,26,28,31). The highest BCUT2D eigenvalue weighted by molar-refractivity contribution is 6.31. The highest BCUT2D eigenvalue weighted by Gasteiger charge is 2.16. The van der Waals surface area contributed by atoms with Crippen molar-refractivity contribution >= 4 is 40.2 Å². The summed E-state index contributed by atoms with van der Waals surface area (Å²) >= 11 is 5.96. The van der Waals surface area contributed by atoms with Gasteiger partial charge in [0.15, 0.2) is 0 Å². The Morgan fingerprint density at radius 1 is 1.19 bits per heavy atom. The van der Waals surface area contributed by atoms with Gasteiger partial charge in [-0.3, -0.25) is 15.1 Å². The van der Waals surface area contributed by atoms with Gasteiger partial charge in [0, 0.05) is 37.5 Å². The van der Waals surface area contributed by atoms with Crippen molar-refractivity contribution in [3.8, 4) is 0 Å². The van der Waals surface area contributed by atoms with Crippen molar-refractivity contribution in [3.63, 3.8) is 0 Å². The van der Waals surface area contributed by atoms with Crippen LogP contribution in [0.5, 0.6) is 0 Å². The van der Waals surface area contributed by atoms with Gasteiger partial charge in [-0.1, -0.05) is 54.9 Å². The van der Waals surface area contributed by atoms with Gasteiger partial charge in [0.25, 0.3) is 0 Å². The summed E-state index contributed by atoms with van der Waals surface area (Å²) in [5.74, 6) is -0.520. The first-order chi connectivity index (χ1) is 15.3. The summed E-state index contributed by atoms with van der Waals surface area (Å²) in [5.41, 5.74) is 3.48. The highest BCUT2D eigenvalue weighted by atomic mass is 35.5. The predicted molar refractivity (Wildman–Crippen MR) is 122 cm³/mol. The van der Waals surface area contributed by atoms with Gasteiger partial charge in [0.2, 0.25) is 5.91 Å². The summed E-state index contributed by atoms with van der Waals surface area (Å²) in [7, 11) is 0. The molecule has 2 N–H and O–H groups in total. The fraction of sp³-hybridized carbons (Fsp3) is 0.261. The first kappa shape index (κ1) is 23.4. The zero-order valence-corrected chi connectivity index (χ0v) is 18.5. The van der Waals surface area contributed by atoms with Gasteiger partial charge in [-0.15, -0.1) is 0 Å². The van der Waals surface area contributed by atoms with Crippen molar-refractivity contribution in [2.75, 3.05) is 18.5 Å². The number of nitrogens with zero attached hydrogens (tertiary/aromatic N) is 2. The number of hydrogen-bond donors (Lipinski definition) is 2. The Hall–Kier alpha value is -3.23. The topological polar surface area (TPSA) is 83.6 Å². The molecule has 32 heavy (non-hydrogen) atoms. The molecule has 0 bridgehead atoms. The number of carbonyl (C=O) groups is 2. The summed E-state index contributed by atoms with van der Waals surface area (Å²) in [5, 5.41) is 5.93. The van der Waals surface area contributed by atoms with Crippen LogP contribution in [0, 0.1) is 11.7 Å². The molecular formula is C23H24ClFN4O3. The van der Waals surface area contributed by atoms with Gasteiger partial charge >= 0.3 is 6.09 Å². The van der Waals surface area contributed by atoms with Crippen LogP contribution in [-0.4, -0.2) is 35.1 Å². The maximum Gasteiger partial charge on any atom is 0.412 e. The summed E-state index contributed by atoms with van der Waals surface area (Å²) in [6.45, 7) is 3.80. The van der Waals surface area contributed by atoms with Crippen LogP contribution >= 0.6 is 11.6 Å². The predicted octanol–water partition coefficient (Wildman–Crippen LogP) is 4.77. The van der Waals surface area contributed by atoms with Gasteiger partial charge in [0.1, 0.15) is 11.6 Å². The van der Waals surface area contributed by atoms with Crippen molar-refractivity contribution in [2.24, 2.45) is 5.92 Å². The largest absolute Gasteiger partial charge is 0.449 e. The lowest BCUT2D eigenvalue weighted by Crippen LogP contribution is -2.44. The van der Waals surface area contributed by atoms with Gasteiger partial charge in [-0.25, -0.2) is 19.6 Å². The number of hydrogen-bond acceptors (Lipinski definition) is 5. The summed E-state index contributed by atoms with van der Waals surface area (Å²) in [6.07, 6.45) is 1.04. The highest BCUT2D eigenvalue weighted by Crippen LogP contribution is 2.19. The maximum atomic E-state index is 13.6. The van der Waals surface area contributed by atoms with Crippen molar-refractivity contribution in [1.29, 1.82) is 0 Å². The SMILES string of the molecule is CC(=O)N(CC(C)COC(=O)Nc1cc2ccccc2cn1)NCc1cccc(F)c1Cl. The zero-order chi connectivity index (χ0) is 23.1. The second-order valence-corrected chi connectivity index (χ2v) is 7.80. The summed E-state index contributed by atoms with van der Waals surface area (Å²) in [4.78, 5) is 28.3. The Kier molecular flexibility index (Phi) is 7.97. The van der Waals surface area contributed by atoms with E-state index in [9.17, 15) is 14.0 Å². The molecule has 0 saturated carbocycles. The number of halogens is 2. The number of carbonyl (C=O) groups excluding carboxylic acids is 2. The van der Waals surface area contributed by atoms with Crippen LogP contribution in [0.1, 0.15) is 19.4 Å². The van der Waals surface area contributed by atoms with E-state index < -0.39 is 11.9 Å². The number of rotatable bonds is 8. The average Bonchev–Trinajstić information content (AvgIpc) is 2.77. The molecule has 0 saturated heterocycles. The molecule has 0 radical (unpaired) electrons. The van der Waals surface area contributed by atoms with E-state index in [0.717, 1.165) is 10.8 Å². The number of ether oxygens (including phenoxy) is 1. The normalized spacial score (nSPS) is 11.8. The molecule has 2 aromatic carbocycles. The number of pyridine rings is 1. The lowest BCUT2D eigenvalue weighted by Gasteiger charge is -2.25. The second kappa shape index (κ2) is 10.9. The molecule has 7 nitrogen and oxygen atoms in total. The molecule has 0 aliphatic rings. The van der Waals surface area contributed by atoms with E-state index in [1.807, 2.05) is 31.2 Å². The molecule has 9 heteroatoms. The molecule has 1 atom stereocenters. The van der Waals surface area contributed by atoms with Crippen LogP contribution in [0.25, 0.3) is 10.8 Å². The minimum absolute atomic E-state index is 0.0128. The minimum Gasteiger partial charge on any atom is -0.449 e. The maximum absolute atomic E-state index is 13.6. The first-order valence-electron chi connectivity index (χ1n) is 10.1. The van der Waals surface area contributed by atoms with E-state index >= 15 is 0 Å². The molecule has 3 aromatic rings. The third kappa shape index (κ3) is 6.38. The quantitative estimate of drug-likeness (QED) is 0.475. The minimum atomic E-state index is -0.631. The molecule has 0 aliphatic heterocycles. The van der Waals surface area contributed by atoms with Crippen molar-refractivity contribution in [1.82, 2.24) is 15.4 Å². The smallest absolute Gasteiger partial charge is 0.412 e. The third-order valence-electron chi connectivity index (χ3n) is 4.73. The number of benzene rings is 2. The molecule has 0 spiro atoms. The van der Waals surface area contributed by atoms with Crippen molar-refractivity contribution in [3.05, 3.63) is 71.1 Å². The molecule has 0 fully saturated rings. The third-order valence-corrected chi connectivity index (χ3v) is 5.15. The van der Waals surface area contributed by atoms with Crippen LogP contribution in [0.2, 0.25) is 5.02 Å². The van der Waals surface area contributed by atoms with E-state index in [4.69, 9.17) is 16.3 Å². The summed E-state index contributed by atoms with van der Waals surface area (Å²) < 4.78 is 18.9. The molecule has 1 heterocycles. The molecule has 3 rings (SSSR count). The number of nitrogens with one attached hydrogen (secondary N) is 2. The van der Waals surface area contributed by atoms with Crippen LogP contribution < -0.4 is 10.7 Å². The molecule has 0 aliphatic carbocycles. The molecule has 1 aromatic heterocycles. The van der Waals surface area contributed by atoms with Gasteiger partial charge in [0.05, 0.1) is 11.6 Å². The van der Waals surface area contributed by atoms with Crippen molar-refractivity contribution in [2.45, 2.75) is 20.4 Å². The number of amides is 2. The van der Waals surface area contributed by atoms with E-state index in [2.05, 4.69) is 15.7 Å². The Morgan fingerprint density at radius 3 is 2.69 bits per heavy atom. The fourth-order valence-corrected chi connectivity index (χ4v) is 3.24. The Bertz CT molecular complexity index is 1110. The van der Waals surface area contributed by atoms with E-state index in [1.165, 1.54) is 18.0 Å². The number of anilines is 1. The monoisotopic (exact) mass is 458 g/mol. The molecule has 1 unspecified atom stereocenters. The Balaban J connectivity index is 1.48. The van der Waals surface area contributed by atoms with E-state index in [-0.39, 0.29) is 36.5 Å². The van der Waals surface area contributed by atoms with Crippen LogP contribution in [0.4, 0.5) is 15.0 Å². The van der Waals surface area contributed by atoms with Crippen LogP contribution in [0.15, 0.2) is 54.7 Å². The second-order valence-electron chi connectivity index (χ2n) is 7.42. The van der Waals surface area contributed by atoms with Gasteiger partial charge < -0.3 is 4.74 Å². The fourth-order valence-electron chi connectivity index (χ4n) is 3.04. The van der Waals surface area contributed by atoms with E-state index in [0.29, 0.717) is 11.4 Å². The molecular weight excluding hydrogens is 435 g/mol. The number of fused-ring (bicyclic) bond motifs is 1. The van der Waals surface area contributed by atoms with E-state index in [1.54, 1.807) is 24.4 Å². The van der Waals surface area contributed by atoms with Crippen LogP contribution in [-0.2, 0) is 16.1 Å². The lowest BCUT2D eigenvalue weighted by molar-refractivity contribution is -0.133.